The predicted molar refractivity (Wildman–Crippen MR) is 55.1 cm³/mol. The summed E-state index contributed by atoms with van der Waals surface area (Å²) in [4.78, 5) is 15.2. The zero-order valence-electron chi connectivity index (χ0n) is 8.07. The summed E-state index contributed by atoms with van der Waals surface area (Å²) in [6.07, 6.45) is 2.33. The van der Waals surface area contributed by atoms with E-state index >= 15 is 0 Å². The van der Waals surface area contributed by atoms with Crippen LogP contribution in [0.3, 0.4) is 0 Å². The van der Waals surface area contributed by atoms with Gasteiger partial charge in [0, 0.05) is 0 Å². The first-order valence-electron chi connectivity index (χ1n) is 4.38. The predicted octanol–water partition coefficient (Wildman–Crippen LogP) is 0.778. The summed E-state index contributed by atoms with van der Waals surface area (Å²) in [5.41, 5.74) is 5.91. The second-order valence-corrected chi connectivity index (χ2v) is 3.02. The van der Waals surface area contributed by atoms with E-state index in [4.69, 9.17) is 5.73 Å². The van der Waals surface area contributed by atoms with Crippen molar-refractivity contribution in [2.45, 2.75) is 0 Å². The SMILES string of the molecule is Nc1cn[nH]c1NC(=O)c1ccc(F)cn1. The van der Waals surface area contributed by atoms with Crippen LogP contribution < -0.4 is 11.1 Å². The zero-order chi connectivity index (χ0) is 11.5. The molecule has 0 unspecified atom stereocenters. The number of hydrogen-bond donors (Lipinski definition) is 3. The van der Waals surface area contributed by atoms with Gasteiger partial charge < -0.3 is 11.1 Å². The van der Waals surface area contributed by atoms with Gasteiger partial charge in [-0.25, -0.2) is 9.37 Å². The summed E-state index contributed by atoms with van der Waals surface area (Å²) in [6, 6.07) is 2.43. The minimum Gasteiger partial charge on any atom is -0.394 e. The van der Waals surface area contributed by atoms with Crippen molar-refractivity contribution >= 4 is 17.4 Å². The molecule has 82 valence electrons. The van der Waals surface area contributed by atoms with E-state index in [1.54, 1.807) is 0 Å². The fraction of sp³-hybridized carbons (Fsp3) is 0. The van der Waals surface area contributed by atoms with Gasteiger partial charge in [-0.15, -0.1) is 0 Å². The van der Waals surface area contributed by atoms with E-state index in [1.165, 1.54) is 12.3 Å². The summed E-state index contributed by atoms with van der Waals surface area (Å²) in [6.45, 7) is 0. The first-order valence-corrected chi connectivity index (χ1v) is 4.38. The molecule has 0 bridgehead atoms. The number of nitrogens with one attached hydrogen (secondary N) is 2. The Bertz CT molecular complexity index is 507. The standard InChI is InChI=1S/C9H8FN5O/c10-5-1-2-7(12-3-5)9(16)14-8-6(11)4-13-15-8/h1-4H,11H2,(H2,13,14,15,16). The second kappa shape index (κ2) is 3.97. The second-order valence-electron chi connectivity index (χ2n) is 3.02. The average molecular weight is 221 g/mol. The fourth-order valence-electron chi connectivity index (χ4n) is 1.08. The molecular formula is C9H8FN5O. The number of H-pyrrole nitrogens is 1. The highest BCUT2D eigenvalue weighted by Crippen LogP contribution is 2.13. The number of carbonyl (C=O) groups excluding carboxylic acids is 1. The minimum atomic E-state index is -0.502. The number of nitrogen functional groups attached to an aromatic ring is 1. The van der Waals surface area contributed by atoms with E-state index in [2.05, 4.69) is 20.5 Å². The van der Waals surface area contributed by atoms with E-state index in [0.717, 1.165) is 12.3 Å². The molecule has 0 atom stereocenters. The maximum absolute atomic E-state index is 12.6. The van der Waals surface area contributed by atoms with Crippen molar-refractivity contribution in [1.82, 2.24) is 15.2 Å². The molecule has 0 saturated carbocycles. The maximum Gasteiger partial charge on any atom is 0.275 e. The van der Waals surface area contributed by atoms with Crippen molar-refractivity contribution in [3.63, 3.8) is 0 Å². The lowest BCUT2D eigenvalue weighted by Gasteiger charge is -2.02. The highest BCUT2D eigenvalue weighted by atomic mass is 19.1. The smallest absolute Gasteiger partial charge is 0.275 e. The Morgan fingerprint density at radius 2 is 2.25 bits per heavy atom. The Morgan fingerprint density at radius 1 is 1.44 bits per heavy atom. The monoisotopic (exact) mass is 221 g/mol. The van der Waals surface area contributed by atoms with Crippen LogP contribution in [0.2, 0.25) is 0 Å². The minimum absolute atomic E-state index is 0.0930. The number of rotatable bonds is 2. The number of aromatic nitrogens is 3. The van der Waals surface area contributed by atoms with Gasteiger partial charge >= 0.3 is 0 Å². The third-order valence-electron chi connectivity index (χ3n) is 1.87. The molecule has 16 heavy (non-hydrogen) atoms. The van der Waals surface area contributed by atoms with E-state index in [1.807, 2.05) is 0 Å². The molecular weight excluding hydrogens is 213 g/mol. The maximum atomic E-state index is 12.6. The van der Waals surface area contributed by atoms with Crippen LogP contribution in [0.15, 0.2) is 24.5 Å². The van der Waals surface area contributed by atoms with Crippen molar-refractivity contribution in [2.24, 2.45) is 0 Å². The number of nitrogens with zero attached hydrogens (tertiary/aromatic N) is 2. The molecule has 0 aliphatic carbocycles. The molecule has 0 aromatic carbocycles. The van der Waals surface area contributed by atoms with E-state index in [9.17, 15) is 9.18 Å². The molecule has 0 fully saturated rings. The summed E-state index contributed by atoms with van der Waals surface area (Å²) in [5, 5.41) is 8.61. The van der Waals surface area contributed by atoms with E-state index in [0.29, 0.717) is 5.69 Å². The Morgan fingerprint density at radius 3 is 2.81 bits per heavy atom. The van der Waals surface area contributed by atoms with Crippen molar-refractivity contribution < 1.29 is 9.18 Å². The molecule has 4 N–H and O–H groups in total. The zero-order valence-corrected chi connectivity index (χ0v) is 8.07. The fourth-order valence-corrected chi connectivity index (χ4v) is 1.08. The molecule has 7 heteroatoms. The Hall–Kier alpha value is -2.44. The van der Waals surface area contributed by atoms with Crippen LogP contribution >= 0.6 is 0 Å². The molecule has 2 heterocycles. The van der Waals surface area contributed by atoms with Gasteiger partial charge in [0.2, 0.25) is 0 Å². The molecule has 2 aromatic rings. The van der Waals surface area contributed by atoms with Crippen LogP contribution in [0.25, 0.3) is 0 Å². The molecule has 0 saturated heterocycles. The van der Waals surface area contributed by atoms with Gasteiger partial charge in [-0.3, -0.25) is 9.89 Å². The molecule has 1 amide bonds. The topological polar surface area (TPSA) is 96.7 Å². The van der Waals surface area contributed by atoms with Gasteiger partial charge in [0.05, 0.1) is 18.1 Å². The number of pyridine rings is 1. The first-order chi connectivity index (χ1) is 7.66. The first kappa shape index (κ1) is 10.1. The van der Waals surface area contributed by atoms with Crippen molar-refractivity contribution in [1.29, 1.82) is 0 Å². The summed E-state index contributed by atoms with van der Waals surface area (Å²) in [7, 11) is 0. The number of carbonyl (C=O) groups is 1. The number of hydrogen-bond acceptors (Lipinski definition) is 4. The molecule has 0 radical (unpaired) electrons. The third kappa shape index (κ3) is 1.97. The molecule has 0 aliphatic heterocycles. The number of amides is 1. The number of nitrogens with two attached hydrogens (primary N) is 1. The highest BCUT2D eigenvalue weighted by Gasteiger charge is 2.10. The summed E-state index contributed by atoms with van der Waals surface area (Å²) in [5.74, 6) is -0.704. The van der Waals surface area contributed by atoms with E-state index < -0.39 is 11.7 Å². The van der Waals surface area contributed by atoms with Gasteiger partial charge in [-0.05, 0) is 12.1 Å². The van der Waals surface area contributed by atoms with E-state index in [-0.39, 0.29) is 11.5 Å². The molecule has 2 rings (SSSR count). The molecule has 6 nitrogen and oxygen atoms in total. The van der Waals surface area contributed by atoms with Crippen LogP contribution in [0.5, 0.6) is 0 Å². The van der Waals surface area contributed by atoms with Gasteiger partial charge in [-0.1, -0.05) is 0 Å². The van der Waals surface area contributed by atoms with Crippen LogP contribution in [0, 0.1) is 5.82 Å². The number of halogens is 1. The summed E-state index contributed by atoms with van der Waals surface area (Å²) < 4.78 is 12.6. The average Bonchev–Trinajstić information content (AvgIpc) is 2.65. The molecule has 2 aromatic heterocycles. The lowest BCUT2D eigenvalue weighted by atomic mass is 10.3. The van der Waals surface area contributed by atoms with Crippen molar-refractivity contribution in [3.8, 4) is 0 Å². The highest BCUT2D eigenvalue weighted by molar-refractivity contribution is 6.03. The van der Waals surface area contributed by atoms with Gasteiger partial charge in [0.1, 0.15) is 11.5 Å². The third-order valence-corrected chi connectivity index (χ3v) is 1.87. The number of anilines is 2. The van der Waals surface area contributed by atoms with Crippen LogP contribution in [-0.2, 0) is 0 Å². The Balaban J connectivity index is 2.15. The van der Waals surface area contributed by atoms with Gasteiger partial charge in [0.15, 0.2) is 5.82 Å². The van der Waals surface area contributed by atoms with Crippen LogP contribution in [-0.4, -0.2) is 21.1 Å². The quantitative estimate of drug-likeness (QED) is 0.698. The van der Waals surface area contributed by atoms with Gasteiger partial charge in [0.25, 0.3) is 5.91 Å². The largest absolute Gasteiger partial charge is 0.394 e. The Labute approximate surface area is 89.7 Å². The number of aromatic amines is 1. The Kier molecular flexibility index (Phi) is 2.50. The van der Waals surface area contributed by atoms with Crippen molar-refractivity contribution in [3.05, 3.63) is 36.0 Å². The normalized spacial score (nSPS) is 10.1. The van der Waals surface area contributed by atoms with Crippen LogP contribution in [0.4, 0.5) is 15.9 Å². The lowest BCUT2D eigenvalue weighted by molar-refractivity contribution is 0.102. The van der Waals surface area contributed by atoms with Crippen LogP contribution in [0.1, 0.15) is 10.5 Å². The molecule has 0 spiro atoms. The summed E-state index contributed by atoms with van der Waals surface area (Å²) >= 11 is 0. The van der Waals surface area contributed by atoms with Crippen molar-refractivity contribution in [2.75, 3.05) is 11.1 Å². The van der Waals surface area contributed by atoms with Gasteiger partial charge in [-0.2, -0.15) is 5.10 Å². The lowest BCUT2D eigenvalue weighted by Crippen LogP contribution is -2.14. The molecule has 0 aliphatic rings.